The second-order valence-corrected chi connectivity index (χ2v) is 8.72. The molecule has 0 bridgehead atoms. The average molecular weight is 423 g/mol. The lowest BCUT2D eigenvalue weighted by Crippen LogP contribution is -2.55. The maximum absolute atomic E-state index is 12.9. The van der Waals surface area contributed by atoms with Crippen molar-refractivity contribution in [3.05, 3.63) is 60.2 Å². The third kappa shape index (κ3) is 3.20. The van der Waals surface area contributed by atoms with Gasteiger partial charge in [-0.25, -0.2) is 0 Å². The molecule has 7 heteroatoms. The molecule has 7 nitrogen and oxygen atoms in total. The number of imide groups is 1. The van der Waals surface area contributed by atoms with Crippen molar-refractivity contribution in [3.63, 3.8) is 0 Å². The Labute approximate surface area is 180 Å². The van der Waals surface area contributed by atoms with Crippen molar-refractivity contribution < 1.29 is 29.3 Å². The quantitative estimate of drug-likeness (QED) is 0.734. The van der Waals surface area contributed by atoms with Gasteiger partial charge in [-0.3, -0.25) is 14.5 Å². The lowest BCUT2D eigenvalue weighted by Gasteiger charge is -2.44. The molecule has 2 heterocycles. The van der Waals surface area contributed by atoms with E-state index in [9.17, 15) is 19.8 Å². The average Bonchev–Trinajstić information content (AvgIpc) is 3.23. The molecule has 1 aliphatic carbocycles. The highest BCUT2D eigenvalue weighted by Gasteiger charge is 2.66. The number of likely N-dealkylation sites (tertiary alicyclic amines) is 1. The zero-order valence-electron chi connectivity index (χ0n) is 17.2. The molecule has 2 aliphatic heterocycles. The molecule has 0 aromatic heterocycles. The third-order valence-electron chi connectivity index (χ3n) is 7.02. The fourth-order valence-corrected chi connectivity index (χ4v) is 5.48. The number of carbonyl (C=O) groups excluding carboxylic acids is 2. The van der Waals surface area contributed by atoms with Crippen LogP contribution in [0.4, 0.5) is 0 Å². The Morgan fingerprint density at radius 1 is 1.10 bits per heavy atom. The number of nitrogens with zero attached hydrogens (tertiary/aromatic N) is 1. The molecule has 2 saturated heterocycles. The number of para-hydroxylation sites is 1. The van der Waals surface area contributed by atoms with Gasteiger partial charge in [0.25, 0.3) is 0 Å². The molecule has 31 heavy (non-hydrogen) atoms. The van der Waals surface area contributed by atoms with Crippen molar-refractivity contribution in [3.8, 4) is 11.5 Å². The number of aliphatic hydroxyl groups is 1. The standard InChI is InChI=1S/C24H25NO6/c1-25-22(27)18-11-15(13-30-17-8-3-2-4-9-17)24(29)19(21(18)23(25)28)12-20(31-24)14-6-5-7-16(26)10-14/h2-10,15,18-21,26,29H,11-13H2,1H3/t15-,18+,19+,20+,21+,24-/m1/s1. The molecule has 162 valence electrons. The summed E-state index contributed by atoms with van der Waals surface area (Å²) in [5, 5.41) is 21.6. The summed E-state index contributed by atoms with van der Waals surface area (Å²) in [4.78, 5) is 26.8. The first-order valence-corrected chi connectivity index (χ1v) is 10.6. The zero-order chi connectivity index (χ0) is 21.8. The summed E-state index contributed by atoms with van der Waals surface area (Å²) in [6, 6.07) is 16.0. The highest BCUT2D eigenvalue weighted by molar-refractivity contribution is 6.05. The molecular formula is C24H25NO6. The monoisotopic (exact) mass is 423 g/mol. The highest BCUT2D eigenvalue weighted by Crippen LogP contribution is 2.58. The van der Waals surface area contributed by atoms with E-state index in [1.807, 2.05) is 36.4 Å². The van der Waals surface area contributed by atoms with Crippen LogP contribution in [0.15, 0.2) is 54.6 Å². The fourth-order valence-electron chi connectivity index (χ4n) is 5.48. The van der Waals surface area contributed by atoms with Crippen LogP contribution in [-0.2, 0) is 14.3 Å². The number of fused-ring (bicyclic) bond motifs is 3. The molecule has 3 fully saturated rings. The molecule has 0 unspecified atom stereocenters. The summed E-state index contributed by atoms with van der Waals surface area (Å²) in [6.45, 7) is 0.165. The van der Waals surface area contributed by atoms with Crippen molar-refractivity contribution >= 4 is 11.8 Å². The molecule has 2 aromatic carbocycles. The number of rotatable bonds is 4. The van der Waals surface area contributed by atoms with Gasteiger partial charge in [0.05, 0.1) is 24.5 Å². The molecule has 2 aromatic rings. The maximum Gasteiger partial charge on any atom is 0.233 e. The molecule has 0 radical (unpaired) electrons. The minimum absolute atomic E-state index is 0.108. The lowest BCUT2D eigenvalue weighted by atomic mass is 9.64. The van der Waals surface area contributed by atoms with Crippen LogP contribution >= 0.6 is 0 Å². The van der Waals surface area contributed by atoms with E-state index in [4.69, 9.17) is 9.47 Å². The normalized spacial score (nSPS) is 34.5. The van der Waals surface area contributed by atoms with Crippen molar-refractivity contribution in [2.75, 3.05) is 13.7 Å². The number of phenols is 1. The van der Waals surface area contributed by atoms with E-state index in [1.54, 1.807) is 18.2 Å². The van der Waals surface area contributed by atoms with E-state index in [0.717, 1.165) is 5.56 Å². The van der Waals surface area contributed by atoms with Crippen molar-refractivity contribution in [1.82, 2.24) is 4.90 Å². The van der Waals surface area contributed by atoms with E-state index in [2.05, 4.69) is 0 Å². The predicted octanol–water partition coefficient (Wildman–Crippen LogP) is 2.49. The Morgan fingerprint density at radius 3 is 2.61 bits per heavy atom. The predicted molar refractivity (Wildman–Crippen MR) is 110 cm³/mol. The number of hydrogen-bond acceptors (Lipinski definition) is 6. The van der Waals surface area contributed by atoms with Gasteiger partial charge < -0.3 is 19.7 Å². The number of benzene rings is 2. The summed E-state index contributed by atoms with van der Waals surface area (Å²) in [6.07, 6.45) is 0.205. The number of amides is 2. The fraction of sp³-hybridized carbons (Fsp3) is 0.417. The van der Waals surface area contributed by atoms with E-state index in [0.29, 0.717) is 18.6 Å². The maximum atomic E-state index is 12.9. The summed E-state index contributed by atoms with van der Waals surface area (Å²) in [5.41, 5.74) is 0.729. The second-order valence-electron chi connectivity index (χ2n) is 8.72. The minimum Gasteiger partial charge on any atom is -0.508 e. The van der Waals surface area contributed by atoms with E-state index in [-0.39, 0.29) is 24.2 Å². The summed E-state index contributed by atoms with van der Waals surface area (Å²) in [5.74, 6) is -3.42. The van der Waals surface area contributed by atoms with Crippen LogP contribution in [-0.4, -0.2) is 46.4 Å². The Hall–Kier alpha value is -2.90. The van der Waals surface area contributed by atoms with Gasteiger partial charge in [-0.2, -0.15) is 0 Å². The first-order chi connectivity index (χ1) is 14.9. The van der Waals surface area contributed by atoms with Gasteiger partial charge in [0.15, 0.2) is 5.79 Å². The Balaban J connectivity index is 1.48. The third-order valence-corrected chi connectivity index (χ3v) is 7.02. The van der Waals surface area contributed by atoms with Gasteiger partial charge in [-0.1, -0.05) is 30.3 Å². The molecule has 0 spiro atoms. The van der Waals surface area contributed by atoms with Crippen molar-refractivity contribution in [1.29, 1.82) is 0 Å². The Morgan fingerprint density at radius 2 is 1.87 bits per heavy atom. The van der Waals surface area contributed by atoms with Crippen LogP contribution in [0.25, 0.3) is 0 Å². The number of ether oxygens (including phenoxy) is 2. The van der Waals surface area contributed by atoms with Crippen LogP contribution in [0.3, 0.4) is 0 Å². The molecular weight excluding hydrogens is 398 g/mol. The molecule has 6 atom stereocenters. The molecule has 2 amide bonds. The molecule has 2 N–H and O–H groups in total. The van der Waals surface area contributed by atoms with E-state index >= 15 is 0 Å². The summed E-state index contributed by atoms with van der Waals surface area (Å²) >= 11 is 0. The summed E-state index contributed by atoms with van der Waals surface area (Å²) < 4.78 is 12.1. The number of aromatic hydroxyl groups is 1. The van der Waals surface area contributed by atoms with Crippen LogP contribution in [0, 0.1) is 23.7 Å². The Bertz CT molecular complexity index is 1010. The molecule has 5 rings (SSSR count). The highest BCUT2D eigenvalue weighted by atomic mass is 16.6. The van der Waals surface area contributed by atoms with Gasteiger partial charge in [-0.05, 0) is 42.7 Å². The van der Waals surface area contributed by atoms with Crippen LogP contribution in [0.2, 0.25) is 0 Å². The number of hydrogen-bond donors (Lipinski definition) is 2. The van der Waals surface area contributed by atoms with Gasteiger partial charge in [0, 0.05) is 18.9 Å². The van der Waals surface area contributed by atoms with Gasteiger partial charge in [0.1, 0.15) is 11.5 Å². The van der Waals surface area contributed by atoms with Gasteiger partial charge in [-0.15, -0.1) is 0 Å². The van der Waals surface area contributed by atoms with Gasteiger partial charge in [0.2, 0.25) is 11.8 Å². The zero-order valence-corrected chi connectivity index (χ0v) is 17.2. The number of phenolic OH excluding ortho intramolecular Hbond substituents is 1. The minimum atomic E-state index is -1.60. The van der Waals surface area contributed by atoms with Crippen LogP contribution < -0.4 is 4.74 Å². The van der Waals surface area contributed by atoms with Gasteiger partial charge >= 0.3 is 0 Å². The SMILES string of the molecule is CN1C(=O)[C@H]2[C@H](C[C@H](COc3ccccc3)[C@@]3(O)O[C@H](c4cccc(O)c4)C[C@@H]23)C1=O. The van der Waals surface area contributed by atoms with Crippen molar-refractivity contribution in [2.24, 2.45) is 23.7 Å². The largest absolute Gasteiger partial charge is 0.508 e. The van der Waals surface area contributed by atoms with E-state index < -0.39 is 35.6 Å². The Kier molecular flexibility index (Phi) is 4.75. The molecule has 1 saturated carbocycles. The number of carbonyl (C=O) groups is 2. The lowest BCUT2D eigenvalue weighted by molar-refractivity contribution is -0.272. The second kappa shape index (κ2) is 7.35. The summed E-state index contributed by atoms with van der Waals surface area (Å²) in [7, 11) is 1.50. The van der Waals surface area contributed by atoms with Crippen molar-refractivity contribution in [2.45, 2.75) is 24.7 Å². The topological polar surface area (TPSA) is 96.3 Å². The van der Waals surface area contributed by atoms with E-state index in [1.165, 1.54) is 11.9 Å². The first kappa shape index (κ1) is 20.0. The van der Waals surface area contributed by atoms with Crippen LogP contribution in [0.5, 0.6) is 11.5 Å². The molecule has 3 aliphatic rings. The van der Waals surface area contributed by atoms with Crippen LogP contribution in [0.1, 0.15) is 24.5 Å². The smallest absolute Gasteiger partial charge is 0.233 e. The first-order valence-electron chi connectivity index (χ1n) is 10.6.